The highest BCUT2D eigenvalue weighted by Crippen LogP contribution is 2.32. The maximum Gasteiger partial charge on any atom is 0.315 e. The van der Waals surface area contributed by atoms with Gasteiger partial charge in [0.25, 0.3) is 5.91 Å². The van der Waals surface area contributed by atoms with Crippen molar-refractivity contribution in [2.75, 3.05) is 6.79 Å². The van der Waals surface area contributed by atoms with Crippen molar-refractivity contribution in [1.82, 2.24) is 26.8 Å². The van der Waals surface area contributed by atoms with E-state index in [1.54, 1.807) is 12.1 Å². The predicted molar refractivity (Wildman–Crippen MR) is 124 cm³/mol. The Balaban J connectivity index is 1.40. The highest BCUT2D eigenvalue weighted by Gasteiger charge is 2.20. The number of carbonyl (C=O) groups is 2. The van der Waals surface area contributed by atoms with Gasteiger partial charge < -0.3 is 25.4 Å². The third kappa shape index (κ3) is 7.49. The van der Waals surface area contributed by atoms with E-state index in [0.29, 0.717) is 30.9 Å². The molecule has 0 bridgehead atoms. The first-order valence-electron chi connectivity index (χ1n) is 10.5. The molecule has 1 aliphatic heterocycles. The van der Waals surface area contributed by atoms with E-state index >= 15 is 0 Å². The van der Waals surface area contributed by atoms with Gasteiger partial charge >= 0.3 is 6.03 Å². The smallest absolute Gasteiger partial charge is 0.315 e. The number of amides is 3. The lowest BCUT2D eigenvalue weighted by molar-refractivity contribution is -0.123. The monoisotopic (exact) mass is 475 g/mol. The van der Waals surface area contributed by atoms with E-state index in [9.17, 15) is 14.0 Å². The zero-order chi connectivity index (χ0) is 23.6. The molecule has 11 heteroatoms. The van der Waals surface area contributed by atoms with Crippen LogP contribution in [0.15, 0.2) is 42.5 Å². The summed E-state index contributed by atoms with van der Waals surface area (Å²) < 4.78 is 23.6. The molecule has 0 fully saturated rings. The Kier molecular flexibility index (Phi) is 8.64. The zero-order valence-electron chi connectivity index (χ0n) is 18.1. The lowest BCUT2D eigenvalue weighted by atomic mass is 10.1. The molecule has 5 N–H and O–H groups in total. The molecular weight excluding hydrogens is 449 g/mol. The number of urea groups is 1. The van der Waals surface area contributed by atoms with Crippen LogP contribution in [0.3, 0.4) is 0 Å². The summed E-state index contributed by atoms with van der Waals surface area (Å²) in [5, 5.41) is 8.49. The SMILES string of the molecule is CCCC(NC(=O)NCc1ccc(F)cc1)C(=O)NNC(=S)NCc1ccc2c(c1)OCO2. The molecule has 1 aliphatic rings. The summed E-state index contributed by atoms with van der Waals surface area (Å²) in [5.41, 5.74) is 6.82. The molecule has 0 aromatic heterocycles. The second-order valence-corrected chi connectivity index (χ2v) is 7.69. The number of fused-ring (bicyclic) bond motifs is 1. The fourth-order valence-electron chi connectivity index (χ4n) is 3.03. The van der Waals surface area contributed by atoms with Crippen LogP contribution in [0.2, 0.25) is 0 Å². The summed E-state index contributed by atoms with van der Waals surface area (Å²) in [6.07, 6.45) is 1.12. The summed E-state index contributed by atoms with van der Waals surface area (Å²) in [7, 11) is 0. The third-order valence-corrected chi connectivity index (χ3v) is 5.00. The van der Waals surface area contributed by atoms with Gasteiger partial charge in [-0.05, 0) is 54.0 Å². The minimum atomic E-state index is -0.757. The minimum absolute atomic E-state index is 0.204. The van der Waals surface area contributed by atoms with E-state index in [-0.39, 0.29) is 24.3 Å². The van der Waals surface area contributed by atoms with Crippen LogP contribution in [0.5, 0.6) is 11.5 Å². The number of thiocarbonyl (C=S) groups is 1. The first kappa shape index (κ1) is 24.1. The predicted octanol–water partition coefficient (Wildman–Crippen LogP) is 2.22. The van der Waals surface area contributed by atoms with Crippen molar-refractivity contribution in [3.63, 3.8) is 0 Å². The van der Waals surface area contributed by atoms with Crippen molar-refractivity contribution in [3.8, 4) is 11.5 Å². The average molecular weight is 476 g/mol. The number of carbonyl (C=O) groups excluding carboxylic acids is 2. The summed E-state index contributed by atoms with van der Waals surface area (Å²) in [6, 6.07) is 10.1. The molecule has 2 aromatic carbocycles. The van der Waals surface area contributed by atoms with Crippen molar-refractivity contribution in [2.24, 2.45) is 0 Å². The van der Waals surface area contributed by atoms with Gasteiger partial charge in [-0.3, -0.25) is 15.6 Å². The number of nitrogens with one attached hydrogen (secondary N) is 5. The number of hydrazine groups is 1. The molecule has 0 saturated heterocycles. The fraction of sp³-hybridized carbons (Fsp3) is 0.318. The summed E-state index contributed by atoms with van der Waals surface area (Å²) in [5.74, 6) is 0.593. The summed E-state index contributed by atoms with van der Waals surface area (Å²) in [6.45, 7) is 2.73. The zero-order valence-corrected chi connectivity index (χ0v) is 18.9. The van der Waals surface area contributed by atoms with Crippen molar-refractivity contribution in [3.05, 3.63) is 59.4 Å². The Morgan fingerprint density at radius 2 is 1.70 bits per heavy atom. The lowest BCUT2D eigenvalue weighted by Gasteiger charge is -2.19. The highest BCUT2D eigenvalue weighted by atomic mass is 32.1. The molecule has 0 aliphatic carbocycles. The molecule has 1 atom stereocenters. The van der Waals surface area contributed by atoms with E-state index in [0.717, 1.165) is 11.1 Å². The maximum atomic E-state index is 13.0. The molecule has 3 rings (SSSR count). The number of hydrogen-bond donors (Lipinski definition) is 5. The Bertz CT molecular complexity index is 989. The van der Waals surface area contributed by atoms with Crippen molar-refractivity contribution in [2.45, 2.75) is 38.9 Å². The molecule has 33 heavy (non-hydrogen) atoms. The normalized spacial score (nSPS) is 12.4. The quantitative estimate of drug-likeness (QED) is 0.294. The van der Waals surface area contributed by atoms with Crippen LogP contribution in [-0.2, 0) is 17.9 Å². The van der Waals surface area contributed by atoms with Gasteiger partial charge in [0.05, 0.1) is 0 Å². The van der Waals surface area contributed by atoms with Crippen LogP contribution in [-0.4, -0.2) is 29.9 Å². The number of rotatable bonds is 8. The number of ether oxygens (including phenoxy) is 2. The van der Waals surface area contributed by atoms with Gasteiger partial charge in [-0.15, -0.1) is 0 Å². The Hall–Kier alpha value is -3.60. The van der Waals surface area contributed by atoms with Gasteiger partial charge in [-0.1, -0.05) is 31.5 Å². The van der Waals surface area contributed by atoms with Gasteiger partial charge in [0.15, 0.2) is 16.6 Å². The first-order chi connectivity index (χ1) is 15.9. The molecular formula is C22H26FN5O4S. The largest absolute Gasteiger partial charge is 0.454 e. The van der Waals surface area contributed by atoms with E-state index in [1.165, 1.54) is 12.1 Å². The van der Waals surface area contributed by atoms with Gasteiger partial charge in [-0.25, -0.2) is 9.18 Å². The number of benzene rings is 2. The van der Waals surface area contributed by atoms with E-state index in [2.05, 4.69) is 26.8 Å². The molecule has 0 saturated carbocycles. The van der Waals surface area contributed by atoms with Crippen LogP contribution in [0.1, 0.15) is 30.9 Å². The number of hydrogen-bond acceptors (Lipinski definition) is 5. The molecule has 0 radical (unpaired) electrons. The van der Waals surface area contributed by atoms with Crippen LogP contribution >= 0.6 is 12.2 Å². The second kappa shape index (κ2) is 11.9. The molecule has 9 nitrogen and oxygen atoms in total. The molecule has 1 heterocycles. The first-order valence-corrected chi connectivity index (χ1v) is 10.9. The summed E-state index contributed by atoms with van der Waals surface area (Å²) >= 11 is 5.20. The third-order valence-electron chi connectivity index (χ3n) is 4.75. The lowest BCUT2D eigenvalue weighted by Crippen LogP contribution is -2.55. The Morgan fingerprint density at radius 1 is 1.00 bits per heavy atom. The summed E-state index contributed by atoms with van der Waals surface area (Å²) in [4.78, 5) is 24.7. The van der Waals surface area contributed by atoms with Crippen molar-refractivity contribution < 1.29 is 23.5 Å². The Labute approximate surface area is 196 Å². The maximum absolute atomic E-state index is 13.0. The molecule has 0 spiro atoms. The van der Waals surface area contributed by atoms with Gasteiger partial charge in [-0.2, -0.15) is 0 Å². The topological polar surface area (TPSA) is 113 Å². The molecule has 1 unspecified atom stereocenters. The van der Waals surface area contributed by atoms with Crippen molar-refractivity contribution in [1.29, 1.82) is 0 Å². The van der Waals surface area contributed by atoms with Gasteiger partial charge in [0.2, 0.25) is 6.79 Å². The molecule has 3 amide bonds. The molecule has 2 aromatic rings. The Morgan fingerprint density at radius 3 is 2.45 bits per heavy atom. The standard InChI is InChI=1S/C22H26FN5O4S/c1-2-3-17(26-21(30)24-11-14-4-7-16(23)8-5-14)20(29)27-28-22(33)25-12-15-6-9-18-19(10-15)32-13-31-18/h4-10,17H,2-3,11-13H2,1H3,(H,27,29)(H2,24,26,30)(H2,25,28,33). The minimum Gasteiger partial charge on any atom is -0.454 e. The van der Waals surface area contributed by atoms with Crippen LogP contribution < -0.4 is 36.3 Å². The van der Waals surface area contributed by atoms with E-state index in [1.807, 2.05) is 25.1 Å². The molecule has 176 valence electrons. The second-order valence-electron chi connectivity index (χ2n) is 7.28. The van der Waals surface area contributed by atoms with Crippen LogP contribution in [0.4, 0.5) is 9.18 Å². The van der Waals surface area contributed by atoms with Crippen molar-refractivity contribution >= 4 is 29.3 Å². The highest BCUT2D eigenvalue weighted by molar-refractivity contribution is 7.80. The average Bonchev–Trinajstić information content (AvgIpc) is 3.28. The fourth-order valence-corrected chi connectivity index (χ4v) is 3.16. The number of halogens is 1. The van der Waals surface area contributed by atoms with Crippen LogP contribution in [0.25, 0.3) is 0 Å². The van der Waals surface area contributed by atoms with E-state index < -0.39 is 18.0 Å². The van der Waals surface area contributed by atoms with E-state index in [4.69, 9.17) is 21.7 Å². The van der Waals surface area contributed by atoms with Crippen LogP contribution in [0, 0.1) is 5.82 Å². The van der Waals surface area contributed by atoms with Gasteiger partial charge in [0.1, 0.15) is 11.9 Å². The van der Waals surface area contributed by atoms with Gasteiger partial charge in [0, 0.05) is 13.1 Å².